The Balaban J connectivity index is 2.01. The number of fused-ring (bicyclic) bond motifs is 1. The maximum atomic E-state index is 13.2. The average Bonchev–Trinajstić information content (AvgIpc) is 3.13. The molecular formula is C25H32N4O2. The second kappa shape index (κ2) is 10.2. The van der Waals surface area contributed by atoms with Crippen LogP contribution < -0.4 is 5.32 Å². The van der Waals surface area contributed by atoms with Crippen molar-refractivity contribution in [3.63, 3.8) is 0 Å². The highest BCUT2D eigenvalue weighted by molar-refractivity contribution is 6.07. The molecule has 31 heavy (non-hydrogen) atoms. The standard InChI is InChI=1S/C25H32N4O2/c1-5-14-29(4)25(31)18-15-20-22(21(30)16-18)24(27-19-10-8-7-9-11-19)23(28-20)17(6-2)12-13-26-3/h6-11,13,17-18,27-28H,2,5,12,14-16H2,1,3-4H3. The number of aromatic nitrogens is 1. The Morgan fingerprint density at radius 3 is 2.74 bits per heavy atom. The first-order valence-electron chi connectivity index (χ1n) is 10.9. The van der Waals surface area contributed by atoms with Crippen molar-refractivity contribution in [1.82, 2.24) is 9.88 Å². The Kier molecular flexibility index (Phi) is 7.45. The first-order chi connectivity index (χ1) is 15.0. The van der Waals surface area contributed by atoms with Gasteiger partial charge in [-0.05, 0) is 31.2 Å². The van der Waals surface area contributed by atoms with Crippen LogP contribution in [0.25, 0.3) is 0 Å². The van der Waals surface area contributed by atoms with Crippen molar-refractivity contribution in [2.24, 2.45) is 10.9 Å². The van der Waals surface area contributed by atoms with Crippen molar-refractivity contribution in [1.29, 1.82) is 0 Å². The Hall–Kier alpha value is -3.15. The maximum absolute atomic E-state index is 13.2. The van der Waals surface area contributed by atoms with Crippen LogP contribution in [0.4, 0.5) is 11.4 Å². The van der Waals surface area contributed by atoms with Crippen molar-refractivity contribution < 1.29 is 9.59 Å². The lowest BCUT2D eigenvalue weighted by molar-refractivity contribution is -0.134. The van der Waals surface area contributed by atoms with Gasteiger partial charge in [-0.1, -0.05) is 31.2 Å². The Morgan fingerprint density at radius 2 is 2.10 bits per heavy atom. The molecule has 6 nitrogen and oxygen atoms in total. The topological polar surface area (TPSA) is 77.6 Å². The summed E-state index contributed by atoms with van der Waals surface area (Å²) in [6.07, 6.45) is 6.06. The number of ketones is 1. The Labute approximate surface area is 184 Å². The lowest BCUT2D eigenvalue weighted by Crippen LogP contribution is -2.37. The average molecular weight is 421 g/mol. The second-order valence-electron chi connectivity index (χ2n) is 8.07. The molecule has 1 amide bonds. The van der Waals surface area contributed by atoms with Crippen LogP contribution in [-0.2, 0) is 11.2 Å². The number of anilines is 2. The minimum Gasteiger partial charge on any atom is -0.359 e. The molecule has 2 unspecified atom stereocenters. The highest BCUT2D eigenvalue weighted by Crippen LogP contribution is 2.39. The summed E-state index contributed by atoms with van der Waals surface area (Å²) in [6.45, 7) is 6.74. The highest BCUT2D eigenvalue weighted by Gasteiger charge is 2.36. The zero-order valence-electron chi connectivity index (χ0n) is 18.6. The Morgan fingerprint density at radius 1 is 1.35 bits per heavy atom. The molecule has 2 aromatic rings. The number of para-hydroxylation sites is 1. The van der Waals surface area contributed by atoms with Gasteiger partial charge in [0.1, 0.15) is 0 Å². The summed E-state index contributed by atoms with van der Waals surface area (Å²) in [7, 11) is 3.56. The van der Waals surface area contributed by atoms with Gasteiger partial charge < -0.3 is 20.2 Å². The number of nitrogens with one attached hydrogen (secondary N) is 2. The van der Waals surface area contributed by atoms with Crippen molar-refractivity contribution in [3.05, 3.63) is 59.9 Å². The monoisotopic (exact) mass is 420 g/mol. The number of hydrogen-bond acceptors (Lipinski definition) is 4. The number of nitrogens with zero attached hydrogens (tertiary/aromatic N) is 2. The molecule has 164 valence electrons. The van der Waals surface area contributed by atoms with E-state index in [1.807, 2.05) is 56.6 Å². The lowest BCUT2D eigenvalue weighted by Gasteiger charge is -2.26. The molecule has 0 saturated heterocycles. The molecule has 6 heteroatoms. The molecule has 3 rings (SSSR count). The van der Waals surface area contributed by atoms with Crippen molar-refractivity contribution >= 4 is 29.3 Å². The molecule has 0 fully saturated rings. The molecule has 0 radical (unpaired) electrons. The number of allylic oxidation sites excluding steroid dienone is 1. The number of aliphatic imine (C=N–C) groups is 1. The fourth-order valence-electron chi connectivity index (χ4n) is 4.23. The quantitative estimate of drug-likeness (QED) is 0.455. The van der Waals surface area contributed by atoms with Gasteiger partial charge in [0.05, 0.1) is 17.2 Å². The SMILES string of the molecule is C=CC(CC=NC)c1[nH]c2c(c1Nc1ccccc1)C(=O)CC(C(=O)N(C)CCC)C2. The number of rotatable bonds is 9. The van der Waals surface area contributed by atoms with E-state index in [2.05, 4.69) is 21.9 Å². The molecule has 0 bridgehead atoms. The van der Waals surface area contributed by atoms with E-state index in [1.54, 1.807) is 11.9 Å². The zero-order valence-corrected chi connectivity index (χ0v) is 18.6. The van der Waals surface area contributed by atoms with Crippen LogP contribution in [-0.4, -0.2) is 48.4 Å². The number of aromatic amines is 1. The normalized spacial score (nSPS) is 16.7. The number of benzene rings is 1. The summed E-state index contributed by atoms with van der Waals surface area (Å²) in [5.41, 5.74) is 4.10. The number of Topliss-reactive ketones (excluding diaryl/α,β-unsaturated/α-hetero) is 1. The molecule has 1 aromatic carbocycles. The van der Waals surface area contributed by atoms with Crippen LogP contribution >= 0.6 is 0 Å². The van der Waals surface area contributed by atoms with Gasteiger partial charge >= 0.3 is 0 Å². The summed E-state index contributed by atoms with van der Waals surface area (Å²) in [5.74, 6) is -0.317. The van der Waals surface area contributed by atoms with Gasteiger partial charge in [0, 0.05) is 56.5 Å². The van der Waals surface area contributed by atoms with Crippen LogP contribution in [0.1, 0.15) is 53.8 Å². The van der Waals surface area contributed by atoms with E-state index in [1.165, 1.54) is 0 Å². The molecule has 0 aliphatic heterocycles. The zero-order chi connectivity index (χ0) is 22.4. The van der Waals surface area contributed by atoms with Gasteiger partial charge in [-0.2, -0.15) is 0 Å². The maximum Gasteiger partial charge on any atom is 0.226 e. The molecule has 1 aromatic heterocycles. The largest absolute Gasteiger partial charge is 0.359 e. The molecule has 2 N–H and O–H groups in total. The van der Waals surface area contributed by atoms with Gasteiger partial charge in [0.25, 0.3) is 0 Å². The molecular weight excluding hydrogens is 388 g/mol. The summed E-state index contributed by atoms with van der Waals surface area (Å²) in [4.78, 5) is 35.4. The number of H-pyrrole nitrogens is 1. The van der Waals surface area contributed by atoms with Crippen molar-refractivity contribution in [2.75, 3.05) is 26.0 Å². The van der Waals surface area contributed by atoms with E-state index >= 15 is 0 Å². The minimum absolute atomic E-state index is 0.00241. The molecule has 1 aliphatic carbocycles. The fourth-order valence-corrected chi connectivity index (χ4v) is 4.23. The van der Waals surface area contributed by atoms with Gasteiger partial charge in [-0.3, -0.25) is 9.59 Å². The number of amides is 1. The third kappa shape index (κ3) is 4.95. The van der Waals surface area contributed by atoms with E-state index in [0.717, 1.165) is 29.2 Å². The van der Waals surface area contributed by atoms with Crippen LogP contribution in [0.15, 0.2) is 48.0 Å². The molecule has 0 saturated carbocycles. The van der Waals surface area contributed by atoms with E-state index < -0.39 is 0 Å². The lowest BCUT2D eigenvalue weighted by atomic mass is 9.85. The summed E-state index contributed by atoms with van der Waals surface area (Å²) < 4.78 is 0. The number of carbonyl (C=O) groups excluding carboxylic acids is 2. The molecule has 1 heterocycles. The predicted molar refractivity (Wildman–Crippen MR) is 127 cm³/mol. The van der Waals surface area contributed by atoms with Crippen molar-refractivity contribution in [2.45, 2.75) is 38.5 Å². The second-order valence-corrected chi connectivity index (χ2v) is 8.07. The van der Waals surface area contributed by atoms with Gasteiger partial charge in [-0.25, -0.2) is 0 Å². The smallest absolute Gasteiger partial charge is 0.226 e. The van der Waals surface area contributed by atoms with Crippen LogP contribution in [0, 0.1) is 5.92 Å². The van der Waals surface area contributed by atoms with E-state index in [9.17, 15) is 9.59 Å². The molecule has 2 atom stereocenters. The first-order valence-corrected chi connectivity index (χ1v) is 10.9. The predicted octanol–water partition coefficient (Wildman–Crippen LogP) is 4.73. The van der Waals surface area contributed by atoms with Crippen LogP contribution in [0.3, 0.4) is 0 Å². The third-order valence-corrected chi connectivity index (χ3v) is 5.79. The van der Waals surface area contributed by atoms with E-state index in [4.69, 9.17) is 0 Å². The van der Waals surface area contributed by atoms with Crippen molar-refractivity contribution in [3.8, 4) is 0 Å². The van der Waals surface area contributed by atoms with Gasteiger partial charge in [0.2, 0.25) is 5.91 Å². The third-order valence-electron chi connectivity index (χ3n) is 5.79. The molecule has 1 aliphatic rings. The highest BCUT2D eigenvalue weighted by atomic mass is 16.2. The summed E-state index contributed by atoms with van der Waals surface area (Å²) in [5, 5.41) is 3.45. The summed E-state index contributed by atoms with van der Waals surface area (Å²) in [6, 6.07) is 9.81. The summed E-state index contributed by atoms with van der Waals surface area (Å²) >= 11 is 0. The van der Waals surface area contributed by atoms with E-state index in [-0.39, 0.29) is 29.9 Å². The van der Waals surface area contributed by atoms with Crippen LogP contribution in [0.5, 0.6) is 0 Å². The van der Waals surface area contributed by atoms with Crippen LogP contribution in [0.2, 0.25) is 0 Å². The van der Waals surface area contributed by atoms with E-state index in [0.29, 0.717) is 24.9 Å². The minimum atomic E-state index is -0.327. The fraction of sp³-hybridized carbons (Fsp3) is 0.400. The van der Waals surface area contributed by atoms with Gasteiger partial charge in [0.15, 0.2) is 5.78 Å². The number of carbonyl (C=O) groups is 2. The number of hydrogen-bond donors (Lipinski definition) is 2. The van der Waals surface area contributed by atoms with Gasteiger partial charge in [-0.15, -0.1) is 6.58 Å². The Bertz CT molecular complexity index is 961. The molecule has 0 spiro atoms. The first kappa shape index (κ1) is 22.5.